The van der Waals surface area contributed by atoms with Crippen molar-refractivity contribution in [2.75, 3.05) is 33.7 Å². The molecule has 0 unspecified atom stereocenters. The number of likely N-dealkylation sites (N-methyl/N-ethyl adjacent to an activating group) is 1. The lowest BCUT2D eigenvalue weighted by molar-refractivity contribution is -0.384. The highest BCUT2D eigenvalue weighted by atomic mass is 16.6. The van der Waals surface area contributed by atoms with Crippen LogP contribution in [0.2, 0.25) is 0 Å². The molecule has 0 bridgehead atoms. The van der Waals surface area contributed by atoms with Crippen LogP contribution in [0.3, 0.4) is 0 Å². The number of aromatic nitrogens is 1. The van der Waals surface area contributed by atoms with Gasteiger partial charge in [0.1, 0.15) is 0 Å². The van der Waals surface area contributed by atoms with E-state index in [0.717, 1.165) is 36.8 Å². The van der Waals surface area contributed by atoms with E-state index in [1.165, 1.54) is 0 Å². The maximum Gasteiger partial charge on any atom is 0.271 e. The Bertz CT molecular complexity index is 760. The number of non-ortho nitro benzene ring substituents is 1. The Hall–Kier alpha value is -2.41. The third-order valence-corrected chi connectivity index (χ3v) is 4.73. The zero-order chi connectivity index (χ0) is 17.3. The van der Waals surface area contributed by atoms with Gasteiger partial charge in [-0.25, -0.2) is 0 Å². The molecule has 0 N–H and O–H groups in total. The number of hydrogen-bond donors (Lipinski definition) is 0. The molecule has 0 atom stereocenters. The normalized spacial score (nSPS) is 16.4. The van der Waals surface area contributed by atoms with Crippen molar-refractivity contribution < 1.29 is 9.72 Å². The molecule has 128 valence electrons. The number of nitro groups is 1. The molecule has 3 rings (SSSR count). The lowest BCUT2D eigenvalue weighted by Crippen LogP contribution is -2.41. The predicted molar refractivity (Wildman–Crippen MR) is 92.0 cm³/mol. The van der Waals surface area contributed by atoms with Gasteiger partial charge in [0.15, 0.2) is 0 Å². The van der Waals surface area contributed by atoms with Crippen molar-refractivity contribution in [2.45, 2.75) is 18.9 Å². The summed E-state index contributed by atoms with van der Waals surface area (Å²) in [6.45, 7) is 2.18. The average Bonchev–Trinajstić information content (AvgIpc) is 2.98. The first kappa shape index (κ1) is 16.4. The van der Waals surface area contributed by atoms with E-state index in [9.17, 15) is 14.9 Å². The minimum absolute atomic E-state index is 0.121. The van der Waals surface area contributed by atoms with Crippen molar-refractivity contribution in [3.05, 3.63) is 40.6 Å². The third kappa shape index (κ3) is 3.26. The number of rotatable bonds is 4. The van der Waals surface area contributed by atoms with E-state index in [1.54, 1.807) is 37.2 Å². The summed E-state index contributed by atoms with van der Waals surface area (Å²) in [6, 6.07) is 7.31. The third-order valence-electron chi connectivity index (χ3n) is 4.73. The van der Waals surface area contributed by atoms with E-state index in [1.807, 2.05) is 12.3 Å². The van der Waals surface area contributed by atoms with Gasteiger partial charge in [-0.3, -0.25) is 19.8 Å². The Kier molecular flexibility index (Phi) is 4.53. The smallest absolute Gasteiger partial charge is 0.271 e. The zero-order valence-electron chi connectivity index (χ0n) is 14.0. The molecule has 0 saturated carbocycles. The van der Waals surface area contributed by atoms with Crippen molar-refractivity contribution in [3.8, 4) is 0 Å². The molecule has 1 aromatic carbocycles. The molecule has 7 heteroatoms. The number of nitrogens with zero attached hydrogens (tertiary/aromatic N) is 4. The zero-order valence-corrected chi connectivity index (χ0v) is 14.0. The summed E-state index contributed by atoms with van der Waals surface area (Å²) >= 11 is 0. The number of carbonyl (C=O) groups excluding carboxylic acids is 1. The van der Waals surface area contributed by atoms with Crippen LogP contribution < -0.4 is 0 Å². The first-order valence-electron chi connectivity index (χ1n) is 8.13. The van der Waals surface area contributed by atoms with E-state index in [-0.39, 0.29) is 16.5 Å². The number of fused-ring (bicyclic) bond motifs is 1. The van der Waals surface area contributed by atoms with Crippen molar-refractivity contribution in [1.82, 2.24) is 14.4 Å². The van der Waals surface area contributed by atoms with Crippen LogP contribution in [0.4, 0.5) is 5.69 Å². The van der Waals surface area contributed by atoms with Crippen LogP contribution in [0.5, 0.6) is 0 Å². The molecule has 2 heterocycles. The predicted octanol–water partition coefficient (Wildman–Crippen LogP) is 2.27. The van der Waals surface area contributed by atoms with Gasteiger partial charge in [0.25, 0.3) is 5.69 Å². The lowest BCUT2D eigenvalue weighted by Gasteiger charge is -2.33. The fourth-order valence-corrected chi connectivity index (χ4v) is 3.26. The van der Waals surface area contributed by atoms with Crippen molar-refractivity contribution in [2.24, 2.45) is 0 Å². The maximum absolute atomic E-state index is 11.8. The van der Waals surface area contributed by atoms with Gasteiger partial charge in [0.05, 0.1) is 17.0 Å². The fourth-order valence-electron chi connectivity index (χ4n) is 3.26. The highest BCUT2D eigenvalue weighted by Crippen LogP contribution is 2.29. The highest BCUT2D eigenvalue weighted by molar-refractivity contribution is 5.82. The van der Waals surface area contributed by atoms with E-state index in [4.69, 9.17) is 0 Å². The quantitative estimate of drug-likeness (QED) is 0.637. The summed E-state index contributed by atoms with van der Waals surface area (Å²) in [4.78, 5) is 26.3. The molecule has 0 spiro atoms. The summed E-state index contributed by atoms with van der Waals surface area (Å²) < 4.78 is 2.15. The summed E-state index contributed by atoms with van der Waals surface area (Å²) in [5.41, 5.74) is 1.03. The molecule has 24 heavy (non-hydrogen) atoms. The summed E-state index contributed by atoms with van der Waals surface area (Å²) in [5.74, 6) is 0.121. The number of carbonyl (C=O) groups is 1. The number of amides is 1. The van der Waals surface area contributed by atoms with Gasteiger partial charge in [-0.2, -0.15) is 0 Å². The molecule has 1 amide bonds. The highest BCUT2D eigenvalue weighted by Gasteiger charge is 2.23. The fraction of sp³-hybridized carbons (Fsp3) is 0.471. The second kappa shape index (κ2) is 6.60. The molecule has 2 aromatic rings. The SMILES string of the molecule is CN(C)C(=O)CN1CCC(n2ccc3ccc([N+](=O)[O-])cc32)CC1. The van der Waals surface area contributed by atoms with Crippen LogP contribution in [0, 0.1) is 10.1 Å². The second-order valence-electron chi connectivity index (χ2n) is 6.52. The molecule has 1 fully saturated rings. The number of likely N-dealkylation sites (tertiary alicyclic amines) is 1. The number of nitro benzene ring substituents is 1. The summed E-state index contributed by atoms with van der Waals surface area (Å²) in [5, 5.41) is 12.0. The van der Waals surface area contributed by atoms with Crippen LogP contribution in [0.25, 0.3) is 10.9 Å². The van der Waals surface area contributed by atoms with Crippen LogP contribution >= 0.6 is 0 Å². The topological polar surface area (TPSA) is 71.6 Å². The molecule has 1 aliphatic heterocycles. The Morgan fingerprint density at radius 2 is 2.00 bits per heavy atom. The Labute approximate surface area is 140 Å². The first-order valence-corrected chi connectivity index (χ1v) is 8.13. The van der Waals surface area contributed by atoms with Gasteiger partial charge in [-0.1, -0.05) is 0 Å². The van der Waals surface area contributed by atoms with Crippen molar-refractivity contribution in [1.29, 1.82) is 0 Å². The molecule has 1 saturated heterocycles. The minimum atomic E-state index is -0.355. The van der Waals surface area contributed by atoms with Gasteiger partial charge >= 0.3 is 0 Å². The van der Waals surface area contributed by atoms with Gasteiger partial charge < -0.3 is 9.47 Å². The van der Waals surface area contributed by atoms with E-state index in [2.05, 4.69) is 9.47 Å². The molecular weight excluding hydrogens is 308 g/mol. The van der Waals surface area contributed by atoms with Crippen LogP contribution in [0.1, 0.15) is 18.9 Å². The Balaban J connectivity index is 1.72. The van der Waals surface area contributed by atoms with Crippen LogP contribution in [0.15, 0.2) is 30.5 Å². The number of piperidine rings is 1. The Morgan fingerprint density at radius 3 is 2.62 bits per heavy atom. The average molecular weight is 330 g/mol. The Morgan fingerprint density at radius 1 is 1.29 bits per heavy atom. The maximum atomic E-state index is 11.8. The van der Waals surface area contributed by atoms with Gasteiger partial charge in [0.2, 0.25) is 5.91 Å². The molecular formula is C17H22N4O3. The first-order chi connectivity index (χ1) is 11.5. The monoisotopic (exact) mass is 330 g/mol. The van der Waals surface area contributed by atoms with E-state index in [0.29, 0.717) is 12.6 Å². The van der Waals surface area contributed by atoms with Crippen LogP contribution in [-0.4, -0.2) is 58.9 Å². The van der Waals surface area contributed by atoms with Crippen LogP contribution in [-0.2, 0) is 4.79 Å². The molecule has 1 aliphatic rings. The largest absolute Gasteiger partial charge is 0.348 e. The summed E-state index contributed by atoms with van der Waals surface area (Å²) in [6.07, 6.45) is 3.89. The lowest BCUT2D eigenvalue weighted by atomic mass is 10.0. The molecule has 0 aliphatic carbocycles. The van der Waals surface area contributed by atoms with Gasteiger partial charge in [0, 0.05) is 56.9 Å². The molecule has 0 radical (unpaired) electrons. The van der Waals surface area contributed by atoms with Gasteiger partial charge in [-0.15, -0.1) is 0 Å². The van der Waals surface area contributed by atoms with Crippen molar-refractivity contribution in [3.63, 3.8) is 0 Å². The van der Waals surface area contributed by atoms with E-state index < -0.39 is 0 Å². The standard InChI is InChI=1S/C17H22N4O3/c1-18(2)17(22)12-19-8-6-14(7-9-19)20-10-5-13-3-4-15(21(23)24)11-16(13)20/h3-5,10-11,14H,6-9,12H2,1-2H3. The number of hydrogen-bond acceptors (Lipinski definition) is 4. The minimum Gasteiger partial charge on any atom is -0.348 e. The van der Waals surface area contributed by atoms with Crippen molar-refractivity contribution >= 4 is 22.5 Å². The molecule has 7 nitrogen and oxygen atoms in total. The number of benzene rings is 1. The second-order valence-corrected chi connectivity index (χ2v) is 6.52. The summed E-state index contributed by atoms with van der Waals surface area (Å²) in [7, 11) is 3.54. The molecule has 1 aromatic heterocycles. The van der Waals surface area contributed by atoms with E-state index >= 15 is 0 Å². The van der Waals surface area contributed by atoms with Gasteiger partial charge in [-0.05, 0) is 25.0 Å².